The first-order chi connectivity index (χ1) is 26.0. The number of hydrogen-bond acceptors (Lipinski definition) is 4. The van der Waals surface area contributed by atoms with Gasteiger partial charge < -0.3 is 37.5 Å². The molecule has 316 valence electrons. The number of thiol groups is 1. The Hall–Kier alpha value is 3.03. The summed E-state index contributed by atoms with van der Waals surface area (Å²) in [4.78, 5) is 49.4. The van der Waals surface area contributed by atoms with Crippen molar-refractivity contribution in [3.8, 4) is 0 Å². The molecule has 12 heteroatoms. The van der Waals surface area contributed by atoms with E-state index in [-0.39, 0.29) is 76.2 Å². The predicted molar refractivity (Wildman–Crippen MR) is 253 cm³/mol. The Morgan fingerprint density at radius 2 is 0.804 bits per heavy atom. The van der Waals surface area contributed by atoms with Gasteiger partial charge >= 0.3 is 76.2 Å². The normalized spacial score (nSPS) is 12.5. The maximum absolute atomic E-state index is 13.1. The Bertz CT molecular complexity index is 1260. The molecule has 0 aromatic heterocycles. The molecule has 0 aliphatic heterocycles. The van der Waals surface area contributed by atoms with Gasteiger partial charge in [-0.2, -0.15) is 0 Å². The molecule has 0 aliphatic rings. The van der Waals surface area contributed by atoms with Crippen molar-refractivity contribution in [1.82, 2.24) is 0 Å². The van der Waals surface area contributed by atoms with Crippen molar-refractivity contribution >= 4 is 105 Å². The van der Waals surface area contributed by atoms with Crippen molar-refractivity contribution in [1.29, 1.82) is 0 Å². The Labute approximate surface area is 421 Å². The van der Waals surface area contributed by atoms with Crippen molar-refractivity contribution in [2.45, 2.75) is 204 Å². The number of hydrogen-bond donors (Lipinski definition) is 2. The fourth-order valence-corrected chi connectivity index (χ4v) is 18.2. The Morgan fingerprint density at radius 1 is 0.518 bits per heavy atom. The van der Waals surface area contributed by atoms with Crippen molar-refractivity contribution in [3.05, 3.63) is 59.7 Å². The summed E-state index contributed by atoms with van der Waals surface area (Å²) in [6, 6.07) is 16.4. The Balaban J connectivity index is 0. The molecule has 0 heterocycles. The van der Waals surface area contributed by atoms with Gasteiger partial charge in [-0.1, -0.05) is 193 Å². The van der Waals surface area contributed by atoms with Crippen LogP contribution < -0.4 is 14.7 Å². The van der Waals surface area contributed by atoms with E-state index in [9.17, 15) is 19.6 Å². The standard InChI is InChI=1S/C26H40O2PS2.C18H38O2PS2.Ba.Cd/c1-3-5-7-9-11-17-23-19-13-15-21-25(23)31(29(27,28)30)26-22-16-14-20-24(26)18-12-10-8-6-4-2;1-3-5-7-9-11-13-15-17-23(21(19,20)22)18-16-14-12-10-8-6-4-2;;/h13-16,19-22H,3-12,17-18H2,1-2H3,(H2-,27,28,30);3-18H2,1-2H3;;/q-1;-3;2*+2. The van der Waals surface area contributed by atoms with E-state index in [1.807, 2.05) is 36.4 Å². The first-order valence-corrected chi connectivity index (χ1v) is 31.1. The van der Waals surface area contributed by atoms with Crippen LogP contribution in [0, 0.1) is 0 Å². The maximum Gasteiger partial charge on any atom is 2.00 e. The molecule has 0 fully saturated rings. The maximum atomic E-state index is 13.1. The molecule has 1 atom stereocenters. The van der Waals surface area contributed by atoms with Gasteiger partial charge in [0.05, 0.1) is 0 Å². The molecule has 0 saturated carbocycles. The minimum atomic E-state index is -3.65. The van der Waals surface area contributed by atoms with E-state index in [4.69, 9.17) is 12.2 Å². The van der Waals surface area contributed by atoms with E-state index < -0.39 is 31.5 Å². The summed E-state index contributed by atoms with van der Waals surface area (Å²) in [7, 11) is -1.48. The molecule has 0 bridgehead atoms. The molecule has 0 amide bonds. The molecule has 2 rings (SSSR count). The molecule has 0 spiro atoms. The SMILES string of the molecule is CCCCCCCCCS(CCCCCCCCC)=P([O-])([O-])[S-].CCCCCCCc1ccccc1S(c1ccccc1CCCCCCC)=P([O-])(O)S.[Ba+2].[Cd+2]. The second-order valence-electron chi connectivity index (χ2n) is 14.9. The van der Waals surface area contributed by atoms with Gasteiger partial charge in [0.1, 0.15) is 0 Å². The number of unbranched alkanes of at least 4 members (excludes halogenated alkanes) is 20. The van der Waals surface area contributed by atoms with Crippen molar-refractivity contribution < 1.29 is 46.9 Å². The van der Waals surface area contributed by atoms with Crippen LogP contribution in [0.3, 0.4) is 0 Å². The summed E-state index contributed by atoms with van der Waals surface area (Å²) in [5, 5.41) is 0. The largest absolute Gasteiger partial charge is 2.00 e. The number of rotatable bonds is 30. The van der Waals surface area contributed by atoms with Gasteiger partial charge in [-0.25, -0.2) is 10.1 Å². The van der Waals surface area contributed by atoms with Crippen LogP contribution in [0.2, 0.25) is 0 Å². The monoisotopic (exact) mass is 1110 g/mol. The molecule has 4 nitrogen and oxygen atoms in total. The zero-order valence-corrected chi connectivity index (χ0v) is 49.7. The van der Waals surface area contributed by atoms with Gasteiger partial charge in [-0.3, -0.25) is 0 Å². The summed E-state index contributed by atoms with van der Waals surface area (Å²) >= 11 is 9.05. The average molecular weight is 1110 g/mol. The molecule has 2 aromatic carbocycles. The zero-order valence-electron chi connectivity index (χ0n) is 36.1. The van der Waals surface area contributed by atoms with Crippen LogP contribution >= 0.6 is 23.6 Å². The average Bonchev–Trinajstić information content (AvgIpc) is 3.13. The first kappa shape index (κ1) is 61.1. The van der Waals surface area contributed by atoms with E-state index in [2.05, 4.69) is 52.1 Å². The van der Waals surface area contributed by atoms with Crippen LogP contribution in [0.4, 0.5) is 0 Å². The molecule has 1 N–H and O–H groups in total. The molecule has 1 unspecified atom stereocenters. The molecule has 56 heavy (non-hydrogen) atoms. The molecular weight excluding hydrogens is 1030 g/mol. The molecular formula is C44H78BaCdO4P2S4. The van der Waals surface area contributed by atoms with E-state index >= 15 is 0 Å². The van der Waals surface area contributed by atoms with Crippen LogP contribution in [-0.4, -0.2) is 65.3 Å². The molecule has 0 aliphatic carbocycles. The van der Waals surface area contributed by atoms with Crippen LogP contribution in [0.25, 0.3) is 0 Å². The van der Waals surface area contributed by atoms with E-state index in [1.54, 1.807) is 0 Å². The van der Waals surface area contributed by atoms with Gasteiger partial charge in [0.15, 0.2) is 0 Å². The second-order valence-corrected chi connectivity index (χ2v) is 30.1. The van der Waals surface area contributed by atoms with Gasteiger partial charge in [0, 0.05) is 15.5 Å². The van der Waals surface area contributed by atoms with Gasteiger partial charge in [-0.05, 0) is 73.3 Å². The fourth-order valence-electron chi connectivity index (χ4n) is 6.79. The van der Waals surface area contributed by atoms with Crippen molar-refractivity contribution in [3.63, 3.8) is 0 Å². The summed E-state index contributed by atoms with van der Waals surface area (Å²) in [5.41, 5.74) is -4.80. The number of aryl methyl sites for hydroxylation is 2. The smallest absolute Gasteiger partial charge is 0.854 e. The first-order valence-electron chi connectivity index (χ1n) is 21.7. The van der Waals surface area contributed by atoms with Crippen molar-refractivity contribution in [2.75, 3.05) is 11.5 Å². The summed E-state index contributed by atoms with van der Waals surface area (Å²) in [5.74, 6) is 1.63. The van der Waals surface area contributed by atoms with Gasteiger partial charge in [0.25, 0.3) is 0 Å². The second kappa shape index (κ2) is 39.6. The van der Waals surface area contributed by atoms with E-state index in [0.29, 0.717) is 0 Å². The molecule has 0 radical (unpaired) electrons. The Kier molecular flexibility index (Phi) is 43.2. The van der Waals surface area contributed by atoms with Crippen LogP contribution in [0.1, 0.15) is 193 Å². The third-order valence-corrected chi connectivity index (χ3v) is 23.2. The minimum Gasteiger partial charge on any atom is -0.854 e. The predicted octanol–water partition coefficient (Wildman–Crippen LogP) is 12.4. The zero-order chi connectivity index (χ0) is 39.9. The summed E-state index contributed by atoms with van der Waals surface area (Å²) < 4.78 is 0. The topological polar surface area (TPSA) is 89.4 Å². The fraction of sp³-hybridized carbons (Fsp3) is 0.727. The van der Waals surface area contributed by atoms with E-state index in [1.165, 1.54) is 140 Å². The minimum absolute atomic E-state index is 0. The van der Waals surface area contributed by atoms with Gasteiger partial charge in [0.2, 0.25) is 0 Å². The third kappa shape index (κ3) is 30.2. The quantitative estimate of drug-likeness (QED) is 0.0267. The van der Waals surface area contributed by atoms with Crippen LogP contribution in [-0.2, 0) is 72.5 Å². The third-order valence-electron chi connectivity index (χ3n) is 9.98. The van der Waals surface area contributed by atoms with Gasteiger partial charge in [-0.15, -0.1) is 22.3 Å². The molecule has 2 aromatic rings. The van der Waals surface area contributed by atoms with Crippen LogP contribution in [0.15, 0.2) is 58.3 Å². The van der Waals surface area contributed by atoms with Crippen molar-refractivity contribution in [2.24, 2.45) is 0 Å². The van der Waals surface area contributed by atoms with Crippen LogP contribution in [0.5, 0.6) is 0 Å². The Morgan fingerprint density at radius 3 is 1.11 bits per heavy atom. The summed E-state index contributed by atoms with van der Waals surface area (Å²) in [6.07, 6.45) is 31.4. The summed E-state index contributed by atoms with van der Waals surface area (Å²) in [6.45, 7) is 8.91. The number of benzene rings is 2. The van der Waals surface area contributed by atoms with E-state index in [0.717, 1.165) is 59.8 Å². The molecule has 0 saturated heterocycles.